The van der Waals surface area contributed by atoms with Gasteiger partial charge < -0.3 is 14.2 Å². The number of hydrogen-bond acceptors (Lipinski definition) is 7. The zero-order chi connectivity index (χ0) is 32.1. The standard InChI is InChI=1S/C38H22N2O7/c41-35-29-15-17-31-34-32(18-16-30(33(29)34)36(42)39-35)38(44)40(37(31)43)22-11-13-25(14-12-22)47-28-20-26(45-23-7-3-1-4-8-23)19-27(21-28)46-24-9-5-2-6-10-24/h1-21H,(H,39,41,42). The van der Waals surface area contributed by atoms with Crippen LogP contribution in [0.2, 0.25) is 0 Å². The lowest BCUT2D eigenvalue weighted by molar-refractivity contribution is 0.0837. The van der Waals surface area contributed by atoms with Crippen molar-refractivity contribution in [2.24, 2.45) is 0 Å². The fourth-order valence-corrected chi connectivity index (χ4v) is 5.81. The van der Waals surface area contributed by atoms with E-state index in [2.05, 4.69) is 5.32 Å². The average molecular weight is 619 g/mol. The fraction of sp³-hybridized carbons (Fsp3) is 0. The number of imide groups is 2. The Labute approximate surface area is 267 Å². The number of amides is 4. The summed E-state index contributed by atoms with van der Waals surface area (Å²) in [5.41, 5.74) is 1.26. The van der Waals surface area contributed by atoms with E-state index in [1.807, 2.05) is 60.7 Å². The molecule has 2 aliphatic rings. The van der Waals surface area contributed by atoms with Gasteiger partial charge in [-0.2, -0.15) is 0 Å². The molecular weight excluding hydrogens is 596 g/mol. The van der Waals surface area contributed by atoms with Crippen LogP contribution in [0.3, 0.4) is 0 Å². The van der Waals surface area contributed by atoms with Crippen LogP contribution in [0.1, 0.15) is 41.4 Å². The highest BCUT2D eigenvalue weighted by molar-refractivity contribution is 6.39. The first-order valence-corrected chi connectivity index (χ1v) is 14.7. The predicted molar refractivity (Wildman–Crippen MR) is 173 cm³/mol. The van der Waals surface area contributed by atoms with Gasteiger partial charge in [0.15, 0.2) is 0 Å². The van der Waals surface area contributed by atoms with Gasteiger partial charge in [0.2, 0.25) is 0 Å². The minimum Gasteiger partial charge on any atom is -0.457 e. The number of nitrogens with one attached hydrogen (secondary N) is 1. The molecule has 0 fully saturated rings. The third-order valence-corrected chi connectivity index (χ3v) is 7.89. The van der Waals surface area contributed by atoms with Crippen molar-refractivity contribution in [1.29, 1.82) is 0 Å². The van der Waals surface area contributed by atoms with Crippen LogP contribution in [0.25, 0.3) is 10.8 Å². The molecule has 6 aromatic rings. The molecule has 2 heterocycles. The molecule has 0 spiro atoms. The van der Waals surface area contributed by atoms with Crippen molar-refractivity contribution >= 4 is 40.1 Å². The lowest BCUT2D eigenvalue weighted by Gasteiger charge is -2.29. The number of anilines is 1. The molecule has 9 nitrogen and oxygen atoms in total. The summed E-state index contributed by atoms with van der Waals surface area (Å²) in [5, 5.41) is 2.91. The van der Waals surface area contributed by atoms with E-state index >= 15 is 0 Å². The largest absolute Gasteiger partial charge is 0.457 e. The van der Waals surface area contributed by atoms with Crippen LogP contribution in [0, 0.1) is 0 Å². The Kier molecular flexibility index (Phi) is 6.51. The number of ether oxygens (including phenoxy) is 3. The van der Waals surface area contributed by atoms with Crippen LogP contribution in [0.5, 0.6) is 34.5 Å². The topological polar surface area (TPSA) is 111 Å². The zero-order valence-electron chi connectivity index (χ0n) is 24.4. The van der Waals surface area contributed by atoms with Gasteiger partial charge in [-0.1, -0.05) is 36.4 Å². The zero-order valence-corrected chi connectivity index (χ0v) is 24.4. The first-order valence-electron chi connectivity index (χ1n) is 14.7. The van der Waals surface area contributed by atoms with Crippen LogP contribution in [-0.2, 0) is 0 Å². The van der Waals surface area contributed by atoms with E-state index in [0.717, 1.165) is 4.90 Å². The van der Waals surface area contributed by atoms with Gasteiger partial charge in [0.1, 0.15) is 34.5 Å². The number of rotatable bonds is 7. The highest BCUT2D eigenvalue weighted by Crippen LogP contribution is 2.39. The maximum Gasteiger partial charge on any atom is 0.265 e. The Morgan fingerprint density at radius 2 is 0.787 bits per heavy atom. The second-order valence-electron chi connectivity index (χ2n) is 10.9. The van der Waals surface area contributed by atoms with Crippen molar-refractivity contribution in [1.82, 2.24) is 5.32 Å². The van der Waals surface area contributed by atoms with Gasteiger partial charge in [0.25, 0.3) is 23.6 Å². The Morgan fingerprint density at radius 1 is 0.404 bits per heavy atom. The highest BCUT2D eigenvalue weighted by atomic mass is 16.5. The van der Waals surface area contributed by atoms with Crippen molar-refractivity contribution in [3.05, 3.63) is 150 Å². The van der Waals surface area contributed by atoms with Gasteiger partial charge in [-0.3, -0.25) is 24.5 Å². The maximum absolute atomic E-state index is 13.7. The summed E-state index contributed by atoms with van der Waals surface area (Å²) < 4.78 is 18.3. The molecule has 0 aromatic heterocycles. The molecule has 1 N–H and O–H groups in total. The van der Waals surface area contributed by atoms with Crippen molar-refractivity contribution in [3.8, 4) is 34.5 Å². The molecule has 9 heteroatoms. The van der Waals surface area contributed by atoms with Crippen molar-refractivity contribution < 1.29 is 33.4 Å². The van der Waals surface area contributed by atoms with Gasteiger partial charge in [-0.25, -0.2) is 4.90 Å². The van der Waals surface area contributed by atoms with E-state index in [1.54, 1.807) is 42.5 Å². The first-order chi connectivity index (χ1) is 22.9. The molecule has 6 aromatic carbocycles. The molecule has 0 saturated carbocycles. The summed E-state index contributed by atoms with van der Waals surface area (Å²) in [6.45, 7) is 0. The van der Waals surface area contributed by atoms with Gasteiger partial charge in [0, 0.05) is 51.2 Å². The molecule has 0 unspecified atom stereocenters. The van der Waals surface area contributed by atoms with E-state index in [-0.39, 0.29) is 22.3 Å². The van der Waals surface area contributed by atoms with Crippen LogP contribution >= 0.6 is 0 Å². The lowest BCUT2D eigenvalue weighted by Crippen LogP contribution is -2.42. The predicted octanol–water partition coefficient (Wildman–Crippen LogP) is 7.90. The molecule has 0 saturated heterocycles. The quantitative estimate of drug-likeness (QED) is 0.181. The summed E-state index contributed by atoms with van der Waals surface area (Å²) >= 11 is 0. The van der Waals surface area contributed by atoms with Gasteiger partial charge >= 0.3 is 0 Å². The second-order valence-corrected chi connectivity index (χ2v) is 10.9. The van der Waals surface area contributed by atoms with E-state index in [1.165, 1.54) is 24.3 Å². The average Bonchev–Trinajstić information content (AvgIpc) is 3.08. The SMILES string of the molecule is O=C1NC(=O)c2ccc3c4c(ccc1c24)C(=O)N(c1ccc(Oc2cc(Oc4ccccc4)cc(Oc4ccccc4)c2)cc1)C3=O. The van der Waals surface area contributed by atoms with E-state index in [4.69, 9.17) is 14.2 Å². The Bertz CT molecular complexity index is 2140. The lowest BCUT2D eigenvalue weighted by atomic mass is 9.86. The van der Waals surface area contributed by atoms with Crippen LogP contribution in [0.15, 0.2) is 127 Å². The number of carbonyl (C=O) groups excluding carboxylic acids is 4. The number of nitrogens with zero attached hydrogens (tertiary/aromatic N) is 1. The molecule has 0 atom stereocenters. The molecule has 226 valence electrons. The molecule has 0 radical (unpaired) electrons. The molecule has 8 rings (SSSR count). The molecule has 0 aliphatic carbocycles. The van der Waals surface area contributed by atoms with Crippen molar-refractivity contribution in [3.63, 3.8) is 0 Å². The molecule has 4 amide bonds. The normalized spacial score (nSPS) is 13.4. The number of carbonyl (C=O) groups is 4. The summed E-state index contributed by atoms with van der Waals surface area (Å²) in [6, 6.07) is 36.5. The Balaban J connectivity index is 1.09. The van der Waals surface area contributed by atoms with E-state index < -0.39 is 23.6 Å². The third-order valence-electron chi connectivity index (χ3n) is 7.89. The highest BCUT2D eigenvalue weighted by Gasteiger charge is 2.37. The summed E-state index contributed by atoms with van der Waals surface area (Å²) in [6.07, 6.45) is 0. The van der Waals surface area contributed by atoms with Gasteiger partial charge in [-0.15, -0.1) is 0 Å². The van der Waals surface area contributed by atoms with Crippen molar-refractivity contribution in [2.75, 3.05) is 4.90 Å². The van der Waals surface area contributed by atoms with E-state index in [0.29, 0.717) is 51.0 Å². The van der Waals surface area contributed by atoms with Crippen LogP contribution < -0.4 is 24.4 Å². The van der Waals surface area contributed by atoms with Gasteiger partial charge in [-0.05, 0) is 72.8 Å². The number of hydrogen-bond donors (Lipinski definition) is 1. The monoisotopic (exact) mass is 618 g/mol. The summed E-state index contributed by atoms with van der Waals surface area (Å²) in [4.78, 5) is 53.5. The molecule has 2 aliphatic heterocycles. The molecule has 0 bridgehead atoms. The molecule has 47 heavy (non-hydrogen) atoms. The number of para-hydroxylation sites is 2. The molecular formula is C38H22N2O7. The van der Waals surface area contributed by atoms with Crippen LogP contribution in [-0.4, -0.2) is 23.6 Å². The Morgan fingerprint density at radius 3 is 1.23 bits per heavy atom. The van der Waals surface area contributed by atoms with Crippen LogP contribution in [0.4, 0.5) is 5.69 Å². The van der Waals surface area contributed by atoms with Crippen molar-refractivity contribution in [2.45, 2.75) is 0 Å². The Hall–Kier alpha value is -6.74. The van der Waals surface area contributed by atoms with Gasteiger partial charge in [0.05, 0.1) is 5.69 Å². The summed E-state index contributed by atoms with van der Waals surface area (Å²) in [5.74, 6) is 0.904. The smallest absolute Gasteiger partial charge is 0.265 e. The number of benzene rings is 6. The summed E-state index contributed by atoms with van der Waals surface area (Å²) in [7, 11) is 0. The minimum absolute atomic E-state index is 0.226. The minimum atomic E-state index is -0.569. The second kappa shape index (κ2) is 11.0. The van der Waals surface area contributed by atoms with E-state index in [9.17, 15) is 19.2 Å². The first kappa shape index (κ1) is 27.8. The third kappa shape index (κ3) is 4.92. The maximum atomic E-state index is 13.7. The fourth-order valence-electron chi connectivity index (χ4n) is 5.81.